The zero-order valence-corrected chi connectivity index (χ0v) is 20.7. The van der Waals surface area contributed by atoms with E-state index in [2.05, 4.69) is 32.5 Å². The smallest absolute Gasteiger partial charge is 0.123 e. The van der Waals surface area contributed by atoms with Gasteiger partial charge in [0.15, 0.2) is 0 Å². The molecule has 0 spiro atoms. The summed E-state index contributed by atoms with van der Waals surface area (Å²) >= 11 is 0. The predicted octanol–water partition coefficient (Wildman–Crippen LogP) is 3.29. The first-order valence-electron chi connectivity index (χ1n) is 8.71. The standard InChI is InChI=1S/C13H9FN4.C8H7N3.2Ir/c14-11-4-6-12(7-5-11)18-10-17(9-16-18)13-3-1-2-8-15-13;1-3-9-4-2-8(1)11-6-5-10-7-11;;/h1-2,4-10H;1,3-7,10H;;/q2*-2;;. The number of nitrogens with zero attached hydrogens (tertiary/aromatic N) is 6. The van der Waals surface area contributed by atoms with Crippen LogP contribution in [0.5, 0.6) is 0 Å². The van der Waals surface area contributed by atoms with Crippen LogP contribution < -0.4 is 20.1 Å². The second-order valence-corrected chi connectivity index (χ2v) is 5.82. The molecule has 10 heteroatoms. The van der Waals surface area contributed by atoms with Crippen molar-refractivity contribution < 1.29 is 44.6 Å². The Hall–Kier alpha value is -2.64. The fourth-order valence-corrected chi connectivity index (χ4v) is 2.49. The molecule has 0 bridgehead atoms. The minimum atomic E-state index is -0.267. The number of benzene rings is 1. The number of anilines is 3. The first-order valence-corrected chi connectivity index (χ1v) is 8.71. The molecule has 0 atom stereocenters. The van der Waals surface area contributed by atoms with Gasteiger partial charge in [0.1, 0.15) is 5.82 Å². The van der Waals surface area contributed by atoms with E-state index in [0.717, 1.165) is 11.4 Å². The average Bonchev–Trinajstić information content (AvgIpc) is 3.49. The molecule has 0 unspecified atom stereocenters. The monoisotopic (exact) mass is 771 g/mol. The summed E-state index contributed by atoms with van der Waals surface area (Å²) in [5.41, 5.74) is 1.77. The molecule has 2 aromatic heterocycles. The minimum Gasteiger partial charge on any atom is -0.521 e. The Morgan fingerprint density at radius 2 is 1.84 bits per heavy atom. The zero-order valence-electron chi connectivity index (χ0n) is 15.9. The SMILES string of the molecule is Fc1ccc(N2[CH-]N(c3[c-]cccn3)C=N2)cc1.[Ir].[Ir].[c-]1cnccc1N1C=CN[CH-]1. The molecule has 164 valence electrons. The van der Waals surface area contributed by atoms with Gasteiger partial charge in [-0.15, -0.1) is 6.67 Å². The number of hydrogen-bond donors (Lipinski definition) is 1. The largest absolute Gasteiger partial charge is 0.521 e. The van der Waals surface area contributed by atoms with E-state index in [4.69, 9.17) is 0 Å². The molecule has 0 aliphatic carbocycles. The molecule has 3 aromatic rings. The summed E-state index contributed by atoms with van der Waals surface area (Å²) in [5, 5.41) is 8.78. The van der Waals surface area contributed by atoms with Crippen LogP contribution in [0.1, 0.15) is 0 Å². The maximum atomic E-state index is 12.8. The topological polar surface area (TPSA) is 59.9 Å². The maximum absolute atomic E-state index is 12.8. The molecule has 5 rings (SSSR count). The van der Waals surface area contributed by atoms with Crippen LogP contribution in [0.4, 0.5) is 21.6 Å². The Kier molecular flexibility index (Phi) is 9.75. The van der Waals surface area contributed by atoms with Crippen molar-refractivity contribution in [2.45, 2.75) is 0 Å². The maximum Gasteiger partial charge on any atom is 0.123 e. The number of hydrazone groups is 1. The Morgan fingerprint density at radius 1 is 1.00 bits per heavy atom. The zero-order chi connectivity index (χ0) is 19.9. The van der Waals surface area contributed by atoms with Crippen LogP contribution in [-0.4, -0.2) is 16.3 Å². The summed E-state index contributed by atoms with van der Waals surface area (Å²) < 4.78 is 12.8. The van der Waals surface area contributed by atoms with E-state index in [1.165, 1.54) is 12.1 Å². The molecule has 7 nitrogen and oxygen atoms in total. The van der Waals surface area contributed by atoms with Crippen molar-refractivity contribution in [3.8, 4) is 0 Å². The van der Waals surface area contributed by atoms with Gasteiger partial charge in [0.2, 0.25) is 0 Å². The molecule has 0 fully saturated rings. The predicted molar refractivity (Wildman–Crippen MR) is 109 cm³/mol. The van der Waals surface area contributed by atoms with Crippen molar-refractivity contribution >= 4 is 23.5 Å². The molecule has 2 radical (unpaired) electrons. The summed E-state index contributed by atoms with van der Waals surface area (Å²) in [5.74, 6) is 0.391. The fourth-order valence-electron chi connectivity index (χ4n) is 2.49. The molecule has 0 amide bonds. The molecule has 1 aromatic carbocycles. The van der Waals surface area contributed by atoms with Gasteiger partial charge in [0.05, 0.1) is 6.34 Å². The normalized spacial score (nSPS) is 13.6. The molecule has 0 saturated carbocycles. The van der Waals surface area contributed by atoms with E-state index in [1.54, 1.807) is 65.8 Å². The number of aromatic nitrogens is 2. The Balaban J connectivity index is 0.000000228. The first kappa shape index (κ1) is 24.6. The summed E-state index contributed by atoms with van der Waals surface area (Å²) in [6, 6.07) is 17.6. The van der Waals surface area contributed by atoms with Crippen molar-refractivity contribution in [2.24, 2.45) is 5.10 Å². The van der Waals surface area contributed by atoms with Crippen molar-refractivity contribution in [1.29, 1.82) is 0 Å². The van der Waals surface area contributed by atoms with Gasteiger partial charge in [-0.1, -0.05) is 18.6 Å². The quantitative estimate of drug-likeness (QED) is 0.414. The van der Waals surface area contributed by atoms with Gasteiger partial charge in [0.25, 0.3) is 0 Å². The molecule has 0 saturated heterocycles. The average molecular weight is 770 g/mol. The second kappa shape index (κ2) is 12.3. The first-order chi connectivity index (χ1) is 14.3. The Morgan fingerprint density at radius 3 is 2.48 bits per heavy atom. The van der Waals surface area contributed by atoms with Crippen LogP contribution in [0, 0.1) is 31.3 Å². The van der Waals surface area contributed by atoms with E-state index >= 15 is 0 Å². The van der Waals surface area contributed by atoms with Crippen molar-refractivity contribution in [1.82, 2.24) is 15.3 Å². The van der Waals surface area contributed by atoms with Gasteiger partial charge >= 0.3 is 0 Å². The molecule has 4 heterocycles. The number of hydrogen-bond acceptors (Lipinski definition) is 7. The fraction of sp³-hybridized carbons (Fsp3) is 0. The molecular formula is C21H16FIr2N7-4. The molecule has 31 heavy (non-hydrogen) atoms. The summed E-state index contributed by atoms with van der Waals surface area (Å²) in [4.78, 5) is 11.7. The molecular weight excluding hydrogens is 754 g/mol. The van der Waals surface area contributed by atoms with Crippen LogP contribution in [0.15, 0.2) is 78.6 Å². The van der Waals surface area contributed by atoms with E-state index < -0.39 is 0 Å². The van der Waals surface area contributed by atoms with Crippen LogP contribution in [-0.2, 0) is 40.2 Å². The van der Waals surface area contributed by atoms with E-state index in [-0.39, 0.29) is 46.0 Å². The number of pyridine rings is 2. The third kappa shape index (κ3) is 6.67. The van der Waals surface area contributed by atoms with Crippen molar-refractivity contribution in [2.75, 3.05) is 14.8 Å². The van der Waals surface area contributed by atoms with Gasteiger partial charge in [-0.3, -0.25) is 4.98 Å². The van der Waals surface area contributed by atoms with E-state index in [9.17, 15) is 4.39 Å². The second-order valence-electron chi connectivity index (χ2n) is 5.82. The number of rotatable bonds is 3. The summed E-state index contributed by atoms with van der Waals surface area (Å²) in [6.07, 6.45) is 10.5. The van der Waals surface area contributed by atoms with Gasteiger partial charge in [-0.05, 0) is 36.7 Å². The molecule has 1 N–H and O–H groups in total. The van der Waals surface area contributed by atoms with Crippen molar-refractivity contribution in [3.63, 3.8) is 0 Å². The van der Waals surface area contributed by atoms with Crippen LogP contribution >= 0.6 is 0 Å². The van der Waals surface area contributed by atoms with Gasteiger partial charge in [-0.25, -0.2) is 22.6 Å². The number of nitrogens with one attached hydrogen (secondary N) is 1. The van der Waals surface area contributed by atoms with Gasteiger partial charge < -0.3 is 25.1 Å². The van der Waals surface area contributed by atoms with Crippen molar-refractivity contribution in [3.05, 3.63) is 105 Å². The van der Waals surface area contributed by atoms with Crippen LogP contribution in [0.3, 0.4) is 0 Å². The van der Waals surface area contributed by atoms with E-state index in [0.29, 0.717) is 5.82 Å². The van der Waals surface area contributed by atoms with E-state index in [1.807, 2.05) is 30.0 Å². The summed E-state index contributed by atoms with van der Waals surface area (Å²) in [7, 11) is 0. The summed E-state index contributed by atoms with van der Waals surface area (Å²) in [6.45, 7) is 3.61. The van der Waals surface area contributed by atoms with Crippen LogP contribution in [0.25, 0.3) is 0 Å². The molecule has 2 aliphatic rings. The third-order valence-electron chi connectivity index (χ3n) is 3.89. The van der Waals surface area contributed by atoms with Crippen LogP contribution in [0.2, 0.25) is 0 Å². The van der Waals surface area contributed by atoms with Gasteiger partial charge in [0, 0.05) is 51.7 Å². The Labute approximate surface area is 207 Å². The third-order valence-corrected chi connectivity index (χ3v) is 3.89. The van der Waals surface area contributed by atoms with Gasteiger partial charge in [-0.2, -0.15) is 29.6 Å². The Bertz CT molecular complexity index is 972. The molecule has 2 aliphatic heterocycles. The number of halogens is 1. The minimum absolute atomic E-state index is 0.